The van der Waals surface area contributed by atoms with Crippen LogP contribution in [0.4, 0.5) is 5.69 Å². The second kappa shape index (κ2) is 5.84. The summed E-state index contributed by atoms with van der Waals surface area (Å²) in [5.74, 6) is -0.140. The van der Waals surface area contributed by atoms with Gasteiger partial charge in [0, 0.05) is 5.69 Å². The van der Waals surface area contributed by atoms with E-state index in [9.17, 15) is 9.59 Å². The summed E-state index contributed by atoms with van der Waals surface area (Å²) in [6.07, 6.45) is 1.13. The van der Waals surface area contributed by atoms with Crippen LogP contribution in [0.1, 0.15) is 18.9 Å². The lowest BCUT2D eigenvalue weighted by atomic mass is 10.0. The molecule has 1 heterocycles. The van der Waals surface area contributed by atoms with Crippen molar-refractivity contribution in [1.82, 2.24) is 5.32 Å². The fraction of sp³-hybridized carbons (Fsp3) is 0.429. The first kappa shape index (κ1) is 13.5. The molecular formula is C14H19N3O2. The van der Waals surface area contributed by atoms with E-state index in [-0.39, 0.29) is 18.4 Å². The Morgan fingerprint density at radius 3 is 2.79 bits per heavy atom. The number of anilines is 1. The van der Waals surface area contributed by atoms with E-state index >= 15 is 0 Å². The predicted molar refractivity (Wildman–Crippen MR) is 73.5 cm³/mol. The van der Waals surface area contributed by atoms with Crippen LogP contribution in [0.5, 0.6) is 0 Å². The highest BCUT2D eigenvalue weighted by Gasteiger charge is 2.29. The Morgan fingerprint density at radius 2 is 2.16 bits per heavy atom. The maximum atomic E-state index is 12.2. The highest BCUT2D eigenvalue weighted by Crippen LogP contribution is 2.19. The number of carbonyl (C=O) groups excluding carboxylic acids is 2. The number of hydrogen-bond acceptors (Lipinski definition) is 3. The molecule has 1 aromatic rings. The molecule has 2 amide bonds. The quantitative estimate of drug-likeness (QED) is 0.744. The van der Waals surface area contributed by atoms with Crippen molar-refractivity contribution in [2.45, 2.75) is 25.8 Å². The first-order chi connectivity index (χ1) is 9.08. The largest absolute Gasteiger partial charge is 0.369 e. The molecule has 0 aliphatic carbocycles. The van der Waals surface area contributed by atoms with Crippen molar-refractivity contribution in [2.75, 3.05) is 11.9 Å². The van der Waals surface area contributed by atoms with Gasteiger partial charge in [-0.15, -0.1) is 0 Å². The van der Waals surface area contributed by atoms with Gasteiger partial charge in [0.05, 0.1) is 12.5 Å². The van der Waals surface area contributed by atoms with Gasteiger partial charge in [0.1, 0.15) is 0 Å². The van der Waals surface area contributed by atoms with Gasteiger partial charge in [-0.1, -0.05) is 25.1 Å². The Labute approximate surface area is 112 Å². The minimum Gasteiger partial charge on any atom is -0.369 e. The maximum Gasteiger partial charge on any atom is 0.241 e. The second-order valence-electron chi connectivity index (χ2n) is 4.99. The van der Waals surface area contributed by atoms with Crippen molar-refractivity contribution in [3.8, 4) is 0 Å². The number of hydrogen-bond donors (Lipinski definition) is 3. The zero-order valence-electron chi connectivity index (χ0n) is 11.0. The average molecular weight is 261 g/mol. The van der Waals surface area contributed by atoms with Gasteiger partial charge in [0.25, 0.3) is 0 Å². The summed E-state index contributed by atoms with van der Waals surface area (Å²) in [4.78, 5) is 23.2. The lowest BCUT2D eigenvalue weighted by Crippen LogP contribution is -2.39. The molecule has 4 N–H and O–H groups in total. The summed E-state index contributed by atoms with van der Waals surface area (Å²) in [5.41, 5.74) is 6.61. The number of amides is 2. The first-order valence-electron chi connectivity index (χ1n) is 6.48. The van der Waals surface area contributed by atoms with Crippen molar-refractivity contribution < 1.29 is 9.59 Å². The van der Waals surface area contributed by atoms with Crippen molar-refractivity contribution in [3.63, 3.8) is 0 Å². The monoisotopic (exact) mass is 261 g/mol. The number of rotatable bonds is 4. The molecule has 0 saturated carbocycles. The molecule has 0 radical (unpaired) electrons. The van der Waals surface area contributed by atoms with E-state index in [2.05, 4.69) is 17.6 Å². The predicted octanol–water partition coefficient (Wildman–Crippen LogP) is 0.651. The van der Waals surface area contributed by atoms with Crippen molar-refractivity contribution in [2.24, 2.45) is 11.7 Å². The number of nitrogens with one attached hydrogen (secondary N) is 2. The molecule has 19 heavy (non-hydrogen) atoms. The van der Waals surface area contributed by atoms with Gasteiger partial charge in [-0.2, -0.15) is 0 Å². The van der Waals surface area contributed by atoms with Gasteiger partial charge < -0.3 is 16.4 Å². The van der Waals surface area contributed by atoms with E-state index in [4.69, 9.17) is 5.73 Å². The number of benzene rings is 1. The van der Waals surface area contributed by atoms with Crippen molar-refractivity contribution >= 4 is 17.5 Å². The standard InChI is InChI=1S/C14H19N3O2/c1-9-6-7-16-13(9)14(19)17-11-5-3-2-4-10(11)8-12(15)18/h2-5,9,13,16H,6-8H2,1H3,(H2,15,18)(H,17,19). The topological polar surface area (TPSA) is 84.2 Å². The number of carbonyl (C=O) groups is 2. The summed E-state index contributed by atoms with van der Waals surface area (Å²) >= 11 is 0. The van der Waals surface area contributed by atoms with Gasteiger partial charge in [0.15, 0.2) is 0 Å². The molecule has 2 atom stereocenters. The van der Waals surface area contributed by atoms with Gasteiger partial charge in [-0.05, 0) is 30.5 Å². The molecule has 5 heteroatoms. The van der Waals surface area contributed by atoms with Crippen LogP contribution in [0.25, 0.3) is 0 Å². The van der Waals surface area contributed by atoms with Gasteiger partial charge in [0.2, 0.25) is 11.8 Å². The molecule has 0 bridgehead atoms. The fourth-order valence-corrected chi connectivity index (χ4v) is 2.38. The molecule has 1 aromatic carbocycles. The van der Waals surface area contributed by atoms with Crippen LogP contribution in [0, 0.1) is 5.92 Å². The summed E-state index contributed by atoms with van der Waals surface area (Å²) in [5, 5.41) is 6.06. The zero-order chi connectivity index (χ0) is 13.8. The third kappa shape index (κ3) is 3.32. The van der Waals surface area contributed by atoms with Crippen molar-refractivity contribution in [1.29, 1.82) is 0 Å². The third-order valence-corrected chi connectivity index (χ3v) is 3.46. The van der Waals surface area contributed by atoms with Crippen LogP contribution in [0.15, 0.2) is 24.3 Å². The van der Waals surface area contributed by atoms with Crippen LogP contribution in [-0.2, 0) is 16.0 Å². The van der Waals surface area contributed by atoms with Crippen LogP contribution in [0.2, 0.25) is 0 Å². The molecule has 102 valence electrons. The van der Waals surface area contributed by atoms with E-state index in [1.54, 1.807) is 12.1 Å². The minimum atomic E-state index is -0.408. The Hall–Kier alpha value is -1.88. The average Bonchev–Trinajstić information content (AvgIpc) is 2.77. The molecule has 2 unspecified atom stereocenters. The molecule has 1 fully saturated rings. The summed E-state index contributed by atoms with van der Waals surface area (Å²) in [6, 6.07) is 7.07. The van der Waals surface area contributed by atoms with E-state index in [0.717, 1.165) is 18.5 Å². The van der Waals surface area contributed by atoms with Crippen LogP contribution in [-0.4, -0.2) is 24.4 Å². The fourth-order valence-electron chi connectivity index (χ4n) is 2.38. The van der Waals surface area contributed by atoms with Crippen molar-refractivity contribution in [3.05, 3.63) is 29.8 Å². The molecule has 0 spiro atoms. The van der Waals surface area contributed by atoms with E-state index < -0.39 is 5.91 Å². The summed E-state index contributed by atoms with van der Waals surface area (Å²) in [7, 11) is 0. The number of primary amides is 1. The lowest BCUT2D eigenvalue weighted by Gasteiger charge is -2.17. The van der Waals surface area contributed by atoms with Crippen LogP contribution in [0.3, 0.4) is 0 Å². The molecule has 1 aliphatic heterocycles. The smallest absolute Gasteiger partial charge is 0.241 e. The summed E-state index contributed by atoms with van der Waals surface area (Å²) < 4.78 is 0. The molecule has 1 aliphatic rings. The Kier molecular flexibility index (Phi) is 4.16. The maximum absolute atomic E-state index is 12.2. The first-order valence-corrected chi connectivity index (χ1v) is 6.48. The third-order valence-electron chi connectivity index (χ3n) is 3.46. The van der Waals surface area contributed by atoms with Crippen LogP contribution >= 0.6 is 0 Å². The number of para-hydroxylation sites is 1. The lowest BCUT2D eigenvalue weighted by molar-refractivity contribution is -0.119. The highest BCUT2D eigenvalue weighted by atomic mass is 16.2. The normalized spacial score (nSPS) is 22.2. The van der Waals surface area contributed by atoms with Gasteiger partial charge in [-0.3, -0.25) is 9.59 Å². The van der Waals surface area contributed by atoms with E-state index in [1.165, 1.54) is 0 Å². The molecular weight excluding hydrogens is 242 g/mol. The zero-order valence-corrected chi connectivity index (χ0v) is 11.0. The second-order valence-corrected chi connectivity index (χ2v) is 4.99. The summed E-state index contributed by atoms with van der Waals surface area (Å²) in [6.45, 7) is 2.92. The van der Waals surface area contributed by atoms with Gasteiger partial charge >= 0.3 is 0 Å². The Balaban J connectivity index is 2.10. The Morgan fingerprint density at radius 1 is 1.42 bits per heavy atom. The minimum absolute atomic E-state index is 0.0538. The molecule has 0 aromatic heterocycles. The Bertz CT molecular complexity index is 487. The number of nitrogens with two attached hydrogens (primary N) is 1. The molecule has 2 rings (SSSR count). The molecule has 1 saturated heterocycles. The van der Waals surface area contributed by atoms with Crippen LogP contribution < -0.4 is 16.4 Å². The SMILES string of the molecule is CC1CCNC1C(=O)Nc1ccccc1CC(N)=O. The van der Waals surface area contributed by atoms with E-state index in [1.807, 2.05) is 12.1 Å². The van der Waals surface area contributed by atoms with Gasteiger partial charge in [-0.25, -0.2) is 0 Å². The van der Waals surface area contributed by atoms with E-state index in [0.29, 0.717) is 11.6 Å². The molecule has 5 nitrogen and oxygen atoms in total. The highest BCUT2D eigenvalue weighted by molar-refractivity contribution is 5.96.